The number of carbonyl (C=O) groups is 3. The van der Waals surface area contributed by atoms with Crippen molar-refractivity contribution in [1.29, 1.82) is 0 Å². The lowest BCUT2D eigenvalue weighted by atomic mass is 9.92. The molecule has 2 aromatic carbocycles. The van der Waals surface area contributed by atoms with Crippen LogP contribution >= 0.6 is 11.3 Å². The molecule has 0 saturated carbocycles. The summed E-state index contributed by atoms with van der Waals surface area (Å²) in [5.74, 6) is -0.491. The summed E-state index contributed by atoms with van der Waals surface area (Å²) in [6.07, 6.45) is 1.84. The minimum Gasteiger partial charge on any atom is -0.318 e. The number of nitrogens with one attached hydrogen (secondary N) is 2. The third-order valence-corrected chi connectivity index (χ3v) is 7.59. The largest absolute Gasteiger partial charge is 0.344 e. The van der Waals surface area contributed by atoms with Gasteiger partial charge in [0.2, 0.25) is 0 Å². The van der Waals surface area contributed by atoms with Crippen LogP contribution in [0.25, 0.3) is 10.2 Å². The topological polar surface area (TPSA) is 94.6 Å². The molecule has 9 heteroatoms. The molecule has 5 rings (SSSR count). The molecule has 0 spiro atoms. The first-order valence-corrected chi connectivity index (χ1v) is 11.9. The van der Waals surface area contributed by atoms with Crippen LogP contribution in [0.2, 0.25) is 0 Å². The predicted octanol–water partition coefficient (Wildman–Crippen LogP) is 2.97. The van der Waals surface area contributed by atoms with E-state index in [1.54, 1.807) is 42.5 Å². The second kappa shape index (κ2) is 8.57. The van der Waals surface area contributed by atoms with Crippen LogP contribution in [0.4, 0.5) is 4.79 Å². The SMILES string of the molecule is C[C@@]1(c2ccccc2)NC(=O)N(NC(=O)CN2CCC(c3nc4ccccc4s3)CC2)C1=O. The Morgan fingerprint density at radius 2 is 1.82 bits per heavy atom. The van der Waals surface area contributed by atoms with Gasteiger partial charge in [-0.2, -0.15) is 5.01 Å². The molecule has 33 heavy (non-hydrogen) atoms. The molecule has 0 aliphatic carbocycles. The highest BCUT2D eigenvalue weighted by Crippen LogP contribution is 2.33. The number of carbonyl (C=O) groups excluding carboxylic acids is 3. The van der Waals surface area contributed by atoms with Crippen molar-refractivity contribution in [1.82, 2.24) is 25.6 Å². The van der Waals surface area contributed by atoms with Crippen molar-refractivity contribution < 1.29 is 14.4 Å². The zero-order chi connectivity index (χ0) is 23.0. The standard InChI is InChI=1S/C24H25N5O3S/c1-24(17-7-3-2-4-8-17)22(31)29(23(32)26-24)27-20(30)15-28-13-11-16(12-14-28)21-25-18-9-5-6-10-19(18)33-21/h2-10,16H,11-15H2,1H3,(H,26,32)(H,27,30)/t24-/m0/s1. The number of benzene rings is 2. The molecule has 2 N–H and O–H groups in total. The van der Waals surface area contributed by atoms with E-state index in [0.29, 0.717) is 11.5 Å². The molecular formula is C24H25N5O3S. The number of imide groups is 1. The number of para-hydroxylation sites is 1. The van der Waals surface area contributed by atoms with Gasteiger partial charge in [-0.25, -0.2) is 9.78 Å². The Morgan fingerprint density at radius 3 is 2.55 bits per heavy atom. The molecule has 8 nitrogen and oxygen atoms in total. The van der Waals surface area contributed by atoms with E-state index in [4.69, 9.17) is 4.98 Å². The number of piperidine rings is 1. The van der Waals surface area contributed by atoms with Crippen LogP contribution in [0.1, 0.15) is 36.3 Å². The number of urea groups is 1. The first-order chi connectivity index (χ1) is 15.9. The van der Waals surface area contributed by atoms with Gasteiger partial charge in [-0.15, -0.1) is 11.3 Å². The number of fused-ring (bicyclic) bond motifs is 1. The highest BCUT2D eigenvalue weighted by Gasteiger charge is 2.50. The number of amides is 4. The number of hydrogen-bond donors (Lipinski definition) is 2. The third kappa shape index (κ3) is 4.09. The van der Waals surface area contributed by atoms with Crippen LogP contribution in [0.3, 0.4) is 0 Å². The summed E-state index contributed by atoms with van der Waals surface area (Å²) in [6, 6.07) is 16.5. The fraction of sp³-hybridized carbons (Fsp3) is 0.333. The van der Waals surface area contributed by atoms with E-state index < -0.39 is 17.5 Å². The van der Waals surface area contributed by atoms with Crippen LogP contribution in [0.15, 0.2) is 54.6 Å². The maximum absolute atomic E-state index is 12.9. The number of likely N-dealkylation sites (tertiary alicyclic amines) is 1. The minimum absolute atomic E-state index is 0.131. The normalized spacial score (nSPS) is 22.0. The fourth-order valence-electron chi connectivity index (χ4n) is 4.47. The van der Waals surface area contributed by atoms with Crippen molar-refractivity contribution in [2.24, 2.45) is 0 Å². The van der Waals surface area contributed by atoms with E-state index in [2.05, 4.69) is 16.8 Å². The van der Waals surface area contributed by atoms with Crippen LogP contribution in [0, 0.1) is 0 Å². The molecule has 3 heterocycles. The molecular weight excluding hydrogens is 438 g/mol. The van der Waals surface area contributed by atoms with Crippen molar-refractivity contribution in [2.75, 3.05) is 19.6 Å². The summed E-state index contributed by atoms with van der Waals surface area (Å²) in [5.41, 5.74) is 2.99. The average Bonchev–Trinajstić information content (AvgIpc) is 3.35. The highest BCUT2D eigenvalue weighted by molar-refractivity contribution is 7.18. The summed E-state index contributed by atoms with van der Waals surface area (Å²) in [4.78, 5) is 44.8. The number of rotatable bonds is 5. The number of thiazole rings is 1. The van der Waals surface area contributed by atoms with Gasteiger partial charge < -0.3 is 5.32 Å². The quantitative estimate of drug-likeness (QED) is 0.568. The summed E-state index contributed by atoms with van der Waals surface area (Å²) in [6.45, 7) is 3.29. The van der Waals surface area contributed by atoms with Gasteiger partial charge in [0.25, 0.3) is 11.8 Å². The van der Waals surface area contributed by atoms with Gasteiger partial charge in [0.15, 0.2) is 0 Å². The molecule has 0 radical (unpaired) electrons. The van der Waals surface area contributed by atoms with Crippen molar-refractivity contribution in [3.05, 3.63) is 65.2 Å². The zero-order valence-corrected chi connectivity index (χ0v) is 19.1. The predicted molar refractivity (Wildman–Crippen MR) is 125 cm³/mol. The van der Waals surface area contributed by atoms with Crippen molar-refractivity contribution in [3.8, 4) is 0 Å². The summed E-state index contributed by atoms with van der Waals surface area (Å²) in [5, 5.41) is 4.64. The van der Waals surface area contributed by atoms with Crippen molar-refractivity contribution >= 4 is 39.4 Å². The van der Waals surface area contributed by atoms with Gasteiger partial charge in [0.1, 0.15) is 5.54 Å². The van der Waals surface area contributed by atoms with E-state index in [0.717, 1.165) is 41.5 Å². The number of nitrogens with zero attached hydrogens (tertiary/aromatic N) is 3. The Labute approximate surface area is 195 Å². The van der Waals surface area contributed by atoms with Crippen LogP contribution in [-0.4, -0.2) is 52.4 Å². The van der Waals surface area contributed by atoms with Crippen LogP contribution < -0.4 is 10.7 Å². The minimum atomic E-state index is -1.21. The smallest absolute Gasteiger partial charge is 0.318 e. The van der Waals surface area contributed by atoms with Crippen molar-refractivity contribution in [3.63, 3.8) is 0 Å². The second-order valence-electron chi connectivity index (χ2n) is 8.67. The second-order valence-corrected chi connectivity index (χ2v) is 9.73. The first-order valence-electron chi connectivity index (χ1n) is 11.0. The molecule has 1 aromatic heterocycles. The average molecular weight is 464 g/mol. The van der Waals surface area contributed by atoms with E-state index in [9.17, 15) is 14.4 Å². The number of hydrazine groups is 1. The Balaban J connectivity index is 1.16. The Bertz CT molecular complexity index is 1170. The van der Waals surface area contributed by atoms with Gasteiger partial charge in [0, 0.05) is 5.92 Å². The van der Waals surface area contributed by atoms with Gasteiger partial charge in [0.05, 0.1) is 21.8 Å². The van der Waals surface area contributed by atoms with Gasteiger partial charge in [-0.3, -0.25) is 19.9 Å². The molecule has 2 saturated heterocycles. The first kappa shape index (κ1) is 21.5. The molecule has 3 aromatic rings. The lowest BCUT2D eigenvalue weighted by molar-refractivity contribution is -0.139. The maximum atomic E-state index is 12.9. The highest BCUT2D eigenvalue weighted by atomic mass is 32.1. The summed E-state index contributed by atoms with van der Waals surface area (Å²) >= 11 is 1.74. The molecule has 4 amide bonds. The van der Waals surface area contributed by atoms with Gasteiger partial charge in [-0.05, 0) is 50.6 Å². The van der Waals surface area contributed by atoms with Gasteiger partial charge >= 0.3 is 6.03 Å². The number of aromatic nitrogens is 1. The third-order valence-electron chi connectivity index (χ3n) is 6.39. The molecule has 1 atom stereocenters. The van der Waals surface area contributed by atoms with Gasteiger partial charge in [-0.1, -0.05) is 42.5 Å². The Kier molecular flexibility index (Phi) is 5.59. The fourth-order valence-corrected chi connectivity index (χ4v) is 5.61. The van der Waals surface area contributed by atoms with E-state index in [-0.39, 0.29) is 12.5 Å². The lowest BCUT2D eigenvalue weighted by Crippen LogP contribution is -2.51. The molecule has 0 bridgehead atoms. The van der Waals surface area contributed by atoms with Crippen LogP contribution in [0.5, 0.6) is 0 Å². The maximum Gasteiger partial charge on any atom is 0.344 e. The van der Waals surface area contributed by atoms with E-state index in [1.165, 1.54) is 4.70 Å². The monoisotopic (exact) mass is 463 g/mol. The lowest BCUT2D eigenvalue weighted by Gasteiger charge is -2.30. The van der Waals surface area contributed by atoms with E-state index in [1.807, 2.05) is 29.2 Å². The summed E-state index contributed by atoms with van der Waals surface area (Å²) in [7, 11) is 0. The molecule has 2 aliphatic heterocycles. The van der Waals surface area contributed by atoms with Crippen LogP contribution in [-0.2, 0) is 15.1 Å². The molecule has 0 unspecified atom stereocenters. The summed E-state index contributed by atoms with van der Waals surface area (Å²) < 4.78 is 1.20. The number of hydrogen-bond acceptors (Lipinski definition) is 6. The molecule has 2 fully saturated rings. The Morgan fingerprint density at radius 1 is 1.12 bits per heavy atom. The van der Waals surface area contributed by atoms with E-state index >= 15 is 0 Å². The molecule has 170 valence electrons. The molecule has 2 aliphatic rings. The Hall–Kier alpha value is -3.30. The van der Waals surface area contributed by atoms with Crippen molar-refractivity contribution in [2.45, 2.75) is 31.2 Å². The zero-order valence-electron chi connectivity index (χ0n) is 18.3.